The van der Waals surface area contributed by atoms with Crippen molar-refractivity contribution < 1.29 is 23.6 Å². The molecule has 114 valence electrons. The zero-order chi connectivity index (χ0) is 16.1. The molecular weight excluding hydrogens is 290 g/mol. The minimum absolute atomic E-state index is 0.223. The number of ether oxygens (including phenoxy) is 2. The lowest BCUT2D eigenvalue weighted by atomic mass is 10.1. The summed E-state index contributed by atoms with van der Waals surface area (Å²) < 4.78 is 15.1. The lowest BCUT2D eigenvalue weighted by molar-refractivity contribution is -0.402. The van der Waals surface area contributed by atoms with Crippen LogP contribution in [0.1, 0.15) is 16.1 Å². The van der Waals surface area contributed by atoms with Gasteiger partial charge >= 0.3 is 5.88 Å². The highest BCUT2D eigenvalue weighted by Crippen LogP contribution is 2.28. The molecule has 0 spiro atoms. The topological polar surface area (TPSA) is 91.8 Å². The Morgan fingerprint density at radius 2 is 1.91 bits per heavy atom. The third kappa shape index (κ3) is 3.32. The molecule has 0 atom stereocenters. The van der Waals surface area contributed by atoms with Gasteiger partial charge in [0, 0.05) is 5.56 Å². The molecule has 0 aliphatic rings. The van der Waals surface area contributed by atoms with E-state index >= 15 is 0 Å². The third-order valence-electron chi connectivity index (χ3n) is 2.86. The first-order valence-electron chi connectivity index (χ1n) is 6.24. The molecule has 0 saturated heterocycles. The Bertz CT molecular complexity index is 731. The Labute approximate surface area is 125 Å². The Morgan fingerprint density at radius 3 is 2.50 bits per heavy atom. The molecule has 1 aromatic carbocycles. The summed E-state index contributed by atoms with van der Waals surface area (Å²) in [6, 6.07) is 7.41. The SMILES string of the molecule is COc1ccc(C(=O)/C=C/c2ccc([N+](=O)[O-])o2)cc1OC. The maximum atomic E-state index is 12.1. The Hall–Kier alpha value is -3.09. The Kier molecular flexibility index (Phi) is 4.57. The van der Waals surface area contributed by atoms with Gasteiger partial charge in [0.25, 0.3) is 0 Å². The van der Waals surface area contributed by atoms with Crippen LogP contribution in [0.15, 0.2) is 40.8 Å². The van der Waals surface area contributed by atoms with Gasteiger partial charge in [-0.15, -0.1) is 0 Å². The Morgan fingerprint density at radius 1 is 1.18 bits per heavy atom. The zero-order valence-electron chi connectivity index (χ0n) is 11.9. The quantitative estimate of drug-likeness (QED) is 0.352. The number of carbonyl (C=O) groups is 1. The number of hydrogen-bond donors (Lipinski definition) is 0. The summed E-state index contributed by atoms with van der Waals surface area (Å²) in [5.41, 5.74) is 0.398. The van der Waals surface area contributed by atoms with E-state index in [9.17, 15) is 14.9 Å². The van der Waals surface area contributed by atoms with Crippen LogP contribution < -0.4 is 9.47 Å². The van der Waals surface area contributed by atoms with Crippen molar-refractivity contribution in [2.45, 2.75) is 0 Å². The summed E-state index contributed by atoms with van der Waals surface area (Å²) in [6.07, 6.45) is 2.63. The van der Waals surface area contributed by atoms with Crippen LogP contribution in [0, 0.1) is 10.1 Å². The Balaban J connectivity index is 2.17. The van der Waals surface area contributed by atoms with Gasteiger partial charge in [0.1, 0.15) is 10.7 Å². The lowest BCUT2D eigenvalue weighted by Crippen LogP contribution is -1.97. The molecule has 2 aromatic rings. The van der Waals surface area contributed by atoms with Crippen molar-refractivity contribution in [1.29, 1.82) is 0 Å². The summed E-state index contributed by atoms with van der Waals surface area (Å²) in [5.74, 6) is 0.513. The van der Waals surface area contributed by atoms with E-state index in [0.717, 1.165) is 0 Å². The number of rotatable bonds is 6. The van der Waals surface area contributed by atoms with E-state index in [0.29, 0.717) is 17.1 Å². The smallest absolute Gasteiger partial charge is 0.433 e. The highest BCUT2D eigenvalue weighted by atomic mass is 16.6. The second kappa shape index (κ2) is 6.57. The van der Waals surface area contributed by atoms with Gasteiger partial charge in [-0.1, -0.05) is 0 Å². The van der Waals surface area contributed by atoms with Crippen LogP contribution in [0.5, 0.6) is 11.5 Å². The van der Waals surface area contributed by atoms with E-state index in [1.54, 1.807) is 18.2 Å². The highest BCUT2D eigenvalue weighted by molar-refractivity contribution is 6.07. The van der Waals surface area contributed by atoms with Gasteiger partial charge in [-0.05, 0) is 36.4 Å². The van der Waals surface area contributed by atoms with E-state index in [1.165, 1.54) is 38.5 Å². The number of nitro groups is 1. The molecule has 0 bridgehead atoms. The molecule has 0 aliphatic heterocycles. The zero-order valence-corrected chi connectivity index (χ0v) is 11.9. The van der Waals surface area contributed by atoms with Crippen LogP contribution in [-0.4, -0.2) is 24.9 Å². The molecule has 7 heteroatoms. The van der Waals surface area contributed by atoms with Crippen molar-refractivity contribution in [2.75, 3.05) is 14.2 Å². The number of methoxy groups -OCH3 is 2. The molecule has 0 unspecified atom stereocenters. The van der Waals surface area contributed by atoms with E-state index in [-0.39, 0.29) is 17.4 Å². The van der Waals surface area contributed by atoms with Gasteiger partial charge in [-0.3, -0.25) is 14.9 Å². The van der Waals surface area contributed by atoms with Gasteiger partial charge < -0.3 is 13.9 Å². The van der Waals surface area contributed by atoms with Gasteiger partial charge in [0.15, 0.2) is 17.3 Å². The van der Waals surface area contributed by atoms with Gasteiger partial charge in [-0.25, -0.2) is 0 Å². The van der Waals surface area contributed by atoms with Crippen LogP contribution in [0.2, 0.25) is 0 Å². The maximum absolute atomic E-state index is 12.1. The summed E-state index contributed by atoms with van der Waals surface area (Å²) in [6.45, 7) is 0. The number of nitrogens with zero attached hydrogens (tertiary/aromatic N) is 1. The van der Waals surface area contributed by atoms with Crippen LogP contribution in [0.25, 0.3) is 6.08 Å². The number of furan rings is 1. The fourth-order valence-corrected chi connectivity index (χ4v) is 1.77. The normalized spacial score (nSPS) is 10.6. The largest absolute Gasteiger partial charge is 0.493 e. The average molecular weight is 303 g/mol. The minimum atomic E-state index is -0.645. The molecule has 0 N–H and O–H groups in total. The van der Waals surface area contributed by atoms with E-state index in [2.05, 4.69) is 0 Å². The molecule has 0 saturated carbocycles. The summed E-state index contributed by atoms with van der Waals surface area (Å²) in [5, 5.41) is 10.5. The summed E-state index contributed by atoms with van der Waals surface area (Å²) >= 11 is 0. The second-order valence-electron chi connectivity index (χ2n) is 4.20. The average Bonchev–Trinajstić information content (AvgIpc) is 3.01. The second-order valence-corrected chi connectivity index (χ2v) is 4.20. The number of carbonyl (C=O) groups excluding carboxylic acids is 1. The maximum Gasteiger partial charge on any atom is 0.433 e. The van der Waals surface area contributed by atoms with E-state index < -0.39 is 4.92 Å². The van der Waals surface area contributed by atoms with Gasteiger partial charge in [0.05, 0.1) is 20.3 Å². The van der Waals surface area contributed by atoms with Crippen molar-refractivity contribution in [3.8, 4) is 11.5 Å². The molecule has 0 aliphatic carbocycles. The van der Waals surface area contributed by atoms with Crippen molar-refractivity contribution in [3.05, 3.63) is 57.8 Å². The first kappa shape index (κ1) is 15.3. The third-order valence-corrected chi connectivity index (χ3v) is 2.86. The standard InChI is InChI=1S/C15H13NO6/c1-20-13-7-3-10(9-14(13)21-2)12(17)6-4-11-5-8-15(22-11)16(18)19/h3-9H,1-2H3/b6-4+. The van der Waals surface area contributed by atoms with Crippen molar-refractivity contribution in [3.63, 3.8) is 0 Å². The first-order valence-corrected chi connectivity index (χ1v) is 6.24. The van der Waals surface area contributed by atoms with Crippen LogP contribution >= 0.6 is 0 Å². The number of ketones is 1. The predicted octanol–water partition coefficient (Wildman–Crippen LogP) is 3.10. The van der Waals surface area contributed by atoms with Crippen molar-refractivity contribution in [1.82, 2.24) is 0 Å². The first-order chi connectivity index (χ1) is 10.5. The predicted molar refractivity (Wildman–Crippen MR) is 78.3 cm³/mol. The molecule has 1 heterocycles. The van der Waals surface area contributed by atoms with E-state index in [1.807, 2.05) is 0 Å². The number of hydrogen-bond acceptors (Lipinski definition) is 6. The fraction of sp³-hybridized carbons (Fsp3) is 0.133. The molecule has 0 radical (unpaired) electrons. The van der Waals surface area contributed by atoms with E-state index in [4.69, 9.17) is 13.9 Å². The van der Waals surface area contributed by atoms with Crippen molar-refractivity contribution in [2.24, 2.45) is 0 Å². The molecule has 0 amide bonds. The highest BCUT2D eigenvalue weighted by Gasteiger charge is 2.11. The number of allylic oxidation sites excluding steroid dienone is 1. The molecule has 0 fully saturated rings. The van der Waals surface area contributed by atoms with Gasteiger partial charge in [0.2, 0.25) is 0 Å². The van der Waals surface area contributed by atoms with Crippen LogP contribution in [0.3, 0.4) is 0 Å². The van der Waals surface area contributed by atoms with Crippen LogP contribution in [-0.2, 0) is 0 Å². The number of benzene rings is 1. The summed E-state index contributed by atoms with van der Waals surface area (Å²) in [7, 11) is 2.98. The molecule has 22 heavy (non-hydrogen) atoms. The molecule has 1 aromatic heterocycles. The summed E-state index contributed by atoms with van der Waals surface area (Å²) in [4.78, 5) is 21.9. The monoisotopic (exact) mass is 303 g/mol. The molecule has 2 rings (SSSR count). The van der Waals surface area contributed by atoms with Crippen molar-refractivity contribution >= 4 is 17.7 Å². The minimum Gasteiger partial charge on any atom is -0.493 e. The lowest BCUT2D eigenvalue weighted by Gasteiger charge is -2.07. The molecule has 7 nitrogen and oxygen atoms in total. The van der Waals surface area contributed by atoms with Crippen LogP contribution in [0.4, 0.5) is 5.88 Å². The fourth-order valence-electron chi connectivity index (χ4n) is 1.77. The van der Waals surface area contributed by atoms with Gasteiger partial charge in [-0.2, -0.15) is 0 Å². The molecular formula is C15H13NO6.